The Balaban J connectivity index is 2.09. The first-order valence-electron chi connectivity index (χ1n) is 5.97. The average molecular weight is 303 g/mol. The molecule has 1 amide bonds. The third-order valence-electron chi connectivity index (χ3n) is 2.52. The summed E-state index contributed by atoms with van der Waals surface area (Å²) in [5.74, 6) is -1.50. The molecule has 0 fully saturated rings. The van der Waals surface area contributed by atoms with Gasteiger partial charge >= 0.3 is 5.97 Å². The van der Waals surface area contributed by atoms with E-state index in [0.717, 1.165) is 5.56 Å². The van der Waals surface area contributed by atoms with Crippen LogP contribution in [0.25, 0.3) is 6.08 Å². The molecule has 0 aliphatic heterocycles. The number of benzene rings is 1. The van der Waals surface area contributed by atoms with Crippen LogP contribution in [0.2, 0.25) is 5.02 Å². The molecule has 1 aromatic carbocycles. The van der Waals surface area contributed by atoms with E-state index in [1.54, 1.807) is 30.6 Å². The van der Waals surface area contributed by atoms with Gasteiger partial charge in [0.15, 0.2) is 0 Å². The Morgan fingerprint density at radius 1 is 1.29 bits per heavy atom. The standard InChI is InChI=1S/C15H11ClN2O3/c16-12-6-11(15(20)21)7-13(8-12)18-14(19)4-3-10-2-1-5-17-9-10/h1-9H,(H,18,19)(H,20,21)/b4-3+. The Kier molecular flexibility index (Phi) is 4.68. The summed E-state index contributed by atoms with van der Waals surface area (Å²) in [4.78, 5) is 26.6. The SMILES string of the molecule is O=C(/C=C/c1cccnc1)Nc1cc(Cl)cc(C(=O)O)c1. The smallest absolute Gasteiger partial charge is 0.335 e. The maximum atomic E-state index is 11.8. The van der Waals surface area contributed by atoms with Crippen LogP contribution in [0.5, 0.6) is 0 Å². The van der Waals surface area contributed by atoms with Crippen LogP contribution in [0.15, 0.2) is 48.8 Å². The second-order valence-electron chi connectivity index (χ2n) is 4.14. The van der Waals surface area contributed by atoms with Crippen LogP contribution in [0.4, 0.5) is 5.69 Å². The summed E-state index contributed by atoms with van der Waals surface area (Å²) in [5.41, 5.74) is 1.11. The van der Waals surface area contributed by atoms with Gasteiger partial charge in [0.2, 0.25) is 5.91 Å². The minimum absolute atomic E-state index is 0.00837. The number of rotatable bonds is 4. The lowest BCUT2D eigenvalue weighted by molar-refractivity contribution is -0.111. The lowest BCUT2D eigenvalue weighted by atomic mass is 10.2. The minimum atomic E-state index is -1.11. The molecule has 21 heavy (non-hydrogen) atoms. The zero-order chi connectivity index (χ0) is 15.2. The number of nitrogens with one attached hydrogen (secondary N) is 1. The second kappa shape index (κ2) is 6.67. The number of halogens is 1. The highest BCUT2D eigenvalue weighted by molar-refractivity contribution is 6.31. The zero-order valence-electron chi connectivity index (χ0n) is 10.8. The van der Waals surface area contributed by atoms with Crippen LogP contribution in [0.1, 0.15) is 15.9 Å². The van der Waals surface area contributed by atoms with E-state index in [-0.39, 0.29) is 10.6 Å². The van der Waals surface area contributed by atoms with E-state index in [9.17, 15) is 9.59 Å². The normalized spacial score (nSPS) is 10.5. The Hall–Kier alpha value is -2.66. The van der Waals surface area contributed by atoms with Crippen molar-refractivity contribution in [1.82, 2.24) is 4.98 Å². The monoisotopic (exact) mass is 302 g/mol. The number of carbonyl (C=O) groups is 2. The molecular weight excluding hydrogens is 292 g/mol. The van der Waals surface area contributed by atoms with E-state index < -0.39 is 11.9 Å². The van der Waals surface area contributed by atoms with Crippen molar-refractivity contribution in [2.24, 2.45) is 0 Å². The summed E-state index contributed by atoms with van der Waals surface area (Å²) in [6.45, 7) is 0. The number of hydrogen-bond acceptors (Lipinski definition) is 3. The Labute approximate surface area is 125 Å². The first-order chi connectivity index (χ1) is 10.0. The largest absolute Gasteiger partial charge is 0.478 e. The molecule has 0 atom stereocenters. The lowest BCUT2D eigenvalue weighted by Gasteiger charge is -2.04. The molecule has 2 aromatic rings. The van der Waals surface area contributed by atoms with Gasteiger partial charge in [0, 0.05) is 29.2 Å². The van der Waals surface area contributed by atoms with Crippen molar-refractivity contribution >= 4 is 35.2 Å². The summed E-state index contributed by atoms with van der Waals surface area (Å²) in [5, 5.41) is 11.7. The molecule has 106 valence electrons. The number of aromatic nitrogens is 1. The number of pyridine rings is 1. The van der Waals surface area contributed by atoms with Gasteiger partial charge in [-0.05, 0) is 35.9 Å². The summed E-state index contributed by atoms with van der Waals surface area (Å²) in [6, 6.07) is 7.69. The third-order valence-corrected chi connectivity index (χ3v) is 2.74. The number of aromatic carboxylic acids is 1. The first kappa shape index (κ1) is 14.7. The van der Waals surface area contributed by atoms with Crippen LogP contribution < -0.4 is 5.32 Å². The van der Waals surface area contributed by atoms with Crippen molar-refractivity contribution in [3.63, 3.8) is 0 Å². The van der Waals surface area contributed by atoms with E-state index in [1.807, 2.05) is 0 Å². The second-order valence-corrected chi connectivity index (χ2v) is 4.58. The zero-order valence-corrected chi connectivity index (χ0v) is 11.5. The number of carboxylic acids is 1. The Morgan fingerprint density at radius 2 is 2.10 bits per heavy atom. The van der Waals surface area contributed by atoms with Crippen LogP contribution in [-0.2, 0) is 4.79 Å². The molecule has 0 aliphatic carbocycles. The van der Waals surface area contributed by atoms with Crippen LogP contribution >= 0.6 is 11.6 Å². The van der Waals surface area contributed by atoms with Crippen molar-refractivity contribution < 1.29 is 14.7 Å². The molecule has 0 aliphatic rings. The molecule has 0 saturated heterocycles. The van der Waals surface area contributed by atoms with Gasteiger partial charge in [-0.3, -0.25) is 9.78 Å². The highest BCUT2D eigenvalue weighted by Crippen LogP contribution is 2.19. The number of anilines is 1. The van der Waals surface area contributed by atoms with Crippen molar-refractivity contribution in [2.45, 2.75) is 0 Å². The fraction of sp³-hybridized carbons (Fsp3) is 0. The van der Waals surface area contributed by atoms with E-state index >= 15 is 0 Å². The fourth-order valence-electron chi connectivity index (χ4n) is 1.62. The predicted octanol–water partition coefficient (Wildman–Crippen LogP) is 3.09. The number of nitrogens with zero attached hydrogens (tertiary/aromatic N) is 1. The molecule has 2 N–H and O–H groups in total. The van der Waals surface area contributed by atoms with Gasteiger partial charge in [0.1, 0.15) is 0 Å². The van der Waals surface area contributed by atoms with E-state index in [4.69, 9.17) is 16.7 Å². The number of carboxylic acid groups (broad SMARTS) is 1. The first-order valence-corrected chi connectivity index (χ1v) is 6.35. The number of carbonyl (C=O) groups excluding carboxylic acids is 1. The van der Waals surface area contributed by atoms with Crippen LogP contribution in [-0.4, -0.2) is 22.0 Å². The molecule has 2 rings (SSSR count). The highest BCUT2D eigenvalue weighted by atomic mass is 35.5. The number of hydrogen-bond donors (Lipinski definition) is 2. The summed E-state index contributed by atoms with van der Waals surface area (Å²) in [6.07, 6.45) is 6.19. The molecule has 0 radical (unpaired) electrons. The van der Waals surface area contributed by atoms with Gasteiger partial charge in [-0.15, -0.1) is 0 Å². The van der Waals surface area contributed by atoms with Gasteiger partial charge in [-0.1, -0.05) is 17.7 Å². The molecule has 0 spiro atoms. The molecule has 5 nitrogen and oxygen atoms in total. The van der Waals surface area contributed by atoms with Gasteiger partial charge in [0.05, 0.1) is 5.56 Å². The van der Waals surface area contributed by atoms with Gasteiger partial charge in [0.25, 0.3) is 0 Å². The average Bonchev–Trinajstić information content (AvgIpc) is 2.45. The van der Waals surface area contributed by atoms with Crippen molar-refractivity contribution in [3.8, 4) is 0 Å². The van der Waals surface area contributed by atoms with Gasteiger partial charge in [-0.2, -0.15) is 0 Å². The Morgan fingerprint density at radius 3 is 2.76 bits per heavy atom. The quantitative estimate of drug-likeness (QED) is 0.851. The topological polar surface area (TPSA) is 79.3 Å². The molecule has 1 heterocycles. The van der Waals surface area contributed by atoms with Crippen LogP contribution in [0.3, 0.4) is 0 Å². The molecule has 1 aromatic heterocycles. The Bertz CT molecular complexity index is 699. The van der Waals surface area contributed by atoms with Gasteiger partial charge in [-0.25, -0.2) is 4.79 Å². The van der Waals surface area contributed by atoms with E-state index in [1.165, 1.54) is 24.3 Å². The molecule has 6 heteroatoms. The molecule has 0 bridgehead atoms. The summed E-state index contributed by atoms with van der Waals surface area (Å²) < 4.78 is 0. The highest BCUT2D eigenvalue weighted by Gasteiger charge is 2.07. The predicted molar refractivity (Wildman–Crippen MR) is 80.3 cm³/mol. The molecule has 0 unspecified atom stereocenters. The lowest BCUT2D eigenvalue weighted by Crippen LogP contribution is -2.08. The van der Waals surface area contributed by atoms with E-state index in [0.29, 0.717) is 5.69 Å². The van der Waals surface area contributed by atoms with Crippen molar-refractivity contribution in [3.05, 3.63) is 65.0 Å². The maximum absolute atomic E-state index is 11.8. The third kappa shape index (κ3) is 4.43. The van der Waals surface area contributed by atoms with Crippen molar-refractivity contribution in [2.75, 3.05) is 5.32 Å². The van der Waals surface area contributed by atoms with E-state index in [2.05, 4.69) is 10.3 Å². The van der Waals surface area contributed by atoms with Gasteiger partial charge < -0.3 is 10.4 Å². The maximum Gasteiger partial charge on any atom is 0.335 e. The summed E-state index contributed by atoms with van der Waals surface area (Å²) >= 11 is 5.81. The number of amides is 1. The summed E-state index contributed by atoms with van der Waals surface area (Å²) in [7, 11) is 0. The molecular formula is C15H11ClN2O3. The minimum Gasteiger partial charge on any atom is -0.478 e. The molecule has 0 saturated carbocycles. The fourth-order valence-corrected chi connectivity index (χ4v) is 1.85. The van der Waals surface area contributed by atoms with Crippen LogP contribution in [0, 0.1) is 0 Å². The van der Waals surface area contributed by atoms with Crippen molar-refractivity contribution in [1.29, 1.82) is 0 Å².